The molecule has 0 bridgehead atoms. The summed E-state index contributed by atoms with van der Waals surface area (Å²) >= 11 is 1.82. The Morgan fingerprint density at radius 3 is 2.68 bits per heavy atom. The highest BCUT2D eigenvalue weighted by atomic mass is 32.1. The van der Waals surface area contributed by atoms with Crippen LogP contribution < -0.4 is 10.2 Å². The molecule has 0 radical (unpaired) electrons. The Balaban J connectivity index is 1.74. The molecule has 1 aromatic heterocycles. The van der Waals surface area contributed by atoms with Crippen molar-refractivity contribution in [3.05, 3.63) is 23.2 Å². The minimum absolute atomic E-state index is 0.639. The molecule has 22 heavy (non-hydrogen) atoms. The number of piperidine rings is 1. The fraction of sp³-hybridized carbons (Fsp3) is 0.706. The molecule has 0 aliphatic carbocycles. The van der Waals surface area contributed by atoms with Gasteiger partial charge in [0.1, 0.15) is 0 Å². The Morgan fingerprint density at radius 2 is 2.09 bits per heavy atom. The summed E-state index contributed by atoms with van der Waals surface area (Å²) in [5, 5.41) is 4.85. The van der Waals surface area contributed by atoms with Crippen molar-refractivity contribution in [1.82, 2.24) is 15.2 Å². The van der Waals surface area contributed by atoms with Gasteiger partial charge in [-0.15, -0.1) is 11.3 Å². The van der Waals surface area contributed by atoms with Crippen LogP contribution >= 0.6 is 11.3 Å². The molecule has 5 heteroatoms. The van der Waals surface area contributed by atoms with Crippen LogP contribution in [0.15, 0.2) is 18.3 Å². The molecular weight excluding hydrogens is 292 g/mol. The maximum atomic E-state index is 4.55. The van der Waals surface area contributed by atoms with Crippen LogP contribution in [-0.2, 0) is 6.54 Å². The molecule has 1 aliphatic rings. The SMILES string of the molecule is C=C(C)CN1CCC(NCc2cnc(N(CC)CC)s2)CC1. The fourth-order valence-electron chi connectivity index (χ4n) is 2.94. The summed E-state index contributed by atoms with van der Waals surface area (Å²) in [6.45, 7) is 16.9. The molecule has 0 atom stereocenters. The molecule has 1 aliphatic heterocycles. The van der Waals surface area contributed by atoms with Crippen LogP contribution in [0.4, 0.5) is 5.13 Å². The average Bonchev–Trinajstić information content (AvgIpc) is 2.96. The lowest BCUT2D eigenvalue weighted by Crippen LogP contribution is -2.42. The first-order valence-corrected chi connectivity index (χ1v) is 9.23. The third-order valence-electron chi connectivity index (χ3n) is 4.22. The van der Waals surface area contributed by atoms with Crippen LogP contribution in [0.1, 0.15) is 38.5 Å². The predicted octanol–water partition coefficient (Wildman–Crippen LogP) is 3.12. The Bertz CT molecular complexity index is 459. The van der Waals surface area contributed by atoms with Crippen molar-refractivity contribution in [2.24, 2.45) is 0 Å². The third kappa shape index (κ3) is 5.07. The van der Waals surface area contributed by atoms with E-state index in [1.165, 1.54) is 36.4 Å². The summed E-state index contributed by atoms with van der Waals surface area (Å²) < 4.78 is 0. The Labute approximate surface area is 139 Å². The van der Waals surface area contributed by atoms with Gasteiger partial charge < -0.3 is 10.2 Å². The lowest BCUT2D eigenvalue weighted by molar-refractivity contribution is 0.211. The van der Waals surface area contributed by atoms with E-state index in [2.05, 4.69) is 47.5 Å². The van der Waals surface area contributed by atoms with Crippen LogP contribution in [0.5, 0.6) is 0 Å². The number of hydrogen-bond donors (Lipinski definition) is 1. The lowest BCUT2D eigenvalue weighted by atomic mass is 10.0. The van der Waals surface area contributed by atoms with E-state index < -0.39 is 0 Å². The molecule has 0 saturated carbocycles. The quantitative estimate of drug-likeness (QED) is 0.745. The molecule has 1 aromatic rings. The Morgan fingerprint density at radius 1 is 1.41 bits per heavy atom. The molecular formula is C17H30N4S. The van der Waals surface area contributed by atoms with E-state index in [-0.39, 0.29) is 0 Å². The van der Waals surface area contributed by atoms with Gasteiger partial charge >= 0.3 is 0 Å². The molecule has 1 N–H and O–H groups in total. The molecule has 124 valence electrons. The van der Waals surface area contributed by atoms with E-state index >= 15 is 0 Å². The van der Waals surface area contributed by atoms with Crippen molar-refractivity contribution >= 4 is 16.5 Å². The van der Waals surface area contributed by atoms with Crippen molar-refractivity contribution in [2.75, 3.05) is 37.6 Å². The Hall–Kier alpha value is -0.910. The van der Waals surface area contributed by atoms with Crippen molar-refractivity contribution in [3.63, 3.8) is 0 Å². The molecule has 0 spiro atoms. The smallest absolute Gasteiger partial charge is 0.185 e. The summed E-state index contributed by atoms with van der Waals surface area (Å²) in [6.07, 6.45) is 4.49. The van der Waals surface area contributed by atoms with Crippen LogP contribution in [0.2, 0.25) is 0 Å². The second kappa shape index (κ2) is 8.65. The minimum Gasteiger partial charge on any atom is -0.349 e. The van der Waals surface area contributed by atoms with Crippen molar-refractivity contribution < 1.29 is 0 Å². The number of nitrogens with zero attached hydrogens (tertiary/aromatic N) is 3. The van der Waals surface area contributed by atoms with Gasteiger partial charge in [0.25, 0.3) is 0 Å². The number of anilines is 1. The largest absolute Gasteiger partial charge is 0.349 e. The lowest BCUT2D eigenvalue weighted by Gasteiger charge is -2.32. The summed E-state index contributed by atoms with van der Waals surface area (Å²) in [4.78, 5) is 10.7. The standard InChI is InChI=1S/C17H30N4S/c1-5-21(6-2)17-19-12-16(22-17)11-18-15-7-9-20(10-8-15)13-14(3)4/h12,15,18H,3,5-11,13H2,1-2,4H3. The topological polar surface area (TPSA) is 31.4 Å². The third-order valence-corrected chi connectivity index (χ3v) is 5.28. The fourth-order valence-corrected chi connectivity index (χ4v) is 3.93. The average molecular weight is 323 g/mol. The molecule has 0 amide bonds. The van der Waals surface area contributed by atoms with Crippen LogP contribution in [0.25, 0.3) is 0 Å². The molecule has 0 aromatic carbocycles. The van der Waals surface area contributed by atoms with Crippen LogP contribution in [0.3, 0.4) is 0 Å². The highest BCUT2D eigenvalue weighted by Gasteiger charge is 2.18. The second-order valence-electron chi connectivity index (χ2n) is 6.17. The molecule has 0 unspecified atom stereocenters. The highest BCUT2D eigenvalue weighted by molar-refractivity contribution is 7.15. The summed E-state index contributed by atoms with van der Waals surface area (Å²) in [5.41, 5.74) is 1.26. The van der Waals surface area contributed by atoms with Gasteiger partial charge in [-0.05, 0) is 46.7 Å². The van der Waals surface area contributed by atoms with Gasteiger partial charge in [-0.2, -0.15) is 0 Å². The molecule has 4 nitrogen and oxygen atoms in total. The molecule has 2 rings (SSSR count). The monoisotopic (exact) mass is 322 g/mol. The van der Waals surface area contributed by atoms with E-state index in [1.807, 2.05) is 17.5 Å². The molecule has 1 fully saturated rings. The predicted molar refractivity (Wildman–Crippen MR) is 96.8 cm³/mol. The summed E-state index contributed by atoms with van der Waals surface area (Å²) in [5.74, 6) is 0. The zero-order chi connectivity index (χ0) is 15.9. The zero-order valence-electron chi connectivity index (χ0n) is 14.3. The summed E-state index contributed by atoms with van der Waals surface area (Å²) in [7, 11) is 0. The van der Waals surface area contributed by atoms with Gasteiger partial charge in [0, 0.05) is 43.3 Å². The van der Waals surface area contributed by atoms with E-state index in [4.69, 9.17) is 0 Å². The molecule has 2 heterocycles. The van der Waals surface area contributed by atoms with Crippen molar-refractivity contribution in [1.29, 1.82) is 0 Å². The molecule has 1 saturated heterocycles. The maximum Gasteiger partial charge on any atom is 0.185 e. The second-order valence-corrected chi connectivity index (χ2v) is 7.26. The number of nitrogens with one attached hydrogen (secondary N) is 1. The van der Waals surface area contributed by atoms with Crippen molar-refractivity contribution in [2.45, 2.75) is 46.2 Å². The van der Waals surface area contributed by atoms with E-state index in [1.54, 1.807) is 0 Å². The first kappa shape index (κ1) is 17.4. The number of rotatable bonds is 8. The first-order chi connectivity index (χ1) is 10.6. The maximum absolute atomic E-state index is 4.55. The van der Waals surface area contributed by atoms with Gasteiger partial charge in [0.2, 0.25) is 0 Å². The van der Waals surface area contributed by atoms with Gasteiger partial charge in [0.05, 0.1) is 0 Å². The normalized spacial score (nSPS) is 16.9. The number of thiazole rings is 1. The Kier molecular flexibility index (Phi) is 6.86. The highest BCUT2D eigenvalue weighted by Crippen LogP contribution is 2.22. The zero-order valence-corrected chi connectivity index (χ0v) is 15.1. The van der Waals surface area contributed by atoms with E-state index in [9.17, 15) is 0 Å². The van der Waals surface area contributed by atoms with Gasteiger partial charge in [-0.3, -0.25) is 4.90 Å². The van der Waals surface area contributed by atoms with Gasteiger partial charge in [0.15, 0.2) is 5.13 Å². The van der Waals surface area contributed by atoms with Crippen LogP contribution in [-0.4, -0.2) is 48.6 Å². The van der Waals surface area contributed by atoms with Crippen molar-refractivity contribution in [3.8, 4) is 0 Å². The number of aromatic nitrogens is 1. The van der Waals surface area contributed by atoms with Crippen LogP contribution in [0, 0.1) is 0 Å². The van der Waals surface area contributed by atoms with Gasteiger partial charge in [-0.1, -0.05) is 12.2 Å². The number of hydrogen-bond acceptors (Lipinski definition) is 5. The number of likely N-dealkylation sites (tertiary alicyclic amines) is 1. The van der Waals surface area contributed by atoms with E-state index in [0.29, 0.717) is 6.04 Å². The van der Waals surface area contributed by atoms with E-state index in [0.717, 1.165) is 31.3 Å². The minimum atomic E-state index is 0.639. The summed E-state index contributed by atoms with van der Waals surface area (Å²) in [6, 6.07) is 0.639. The first-order valence-electron chi connectivity index (χ1n) is 8.42. The van der Waals surface area contributed by atoms with Gasteiger partial charge in [-0.25, -0.2) is 4.98 Å².